The molecular formula is C14H12F2N2O2. The number of methoxy groups -OCH3 is 1. The van der Waals surface area contributed by atoms with Gasteiger partial charge in [-0.1, -0.05) is 0 Å². The van der Waals surface area contributed by atoms with E-state index in [9.17, 15) is 13.6 Å². The summed E-state index contributed by atoms with van der Waals surface area (Å²) < 4.78 is 30.5. The van der Waals surface area contributed by atoms with E-state index in [-0.39, 0.29) is 6.54 Å². The molecule has 0 atom stereocenters. The van der Waals surface area contributed by atoms with Crippen LogP contribution in [0.2, 0.25) is 0 Å². The van der Waals surface area contributed by atoms with Gasteiger partial charge in [-0.25, -0.2) is 13.6 Å². The van der Waals surface area contributed by atoms with E-state index in [0.717, 1.165) is 6.07 Å². The molecule has 0 aliphatic rings. The Bertz CT molecular complexity index is 595. The fourth-order valence-electron chi connectivity index (χ4n) is 1.62. The van der Waals surface area contributed by atoms with Crippen LogP contribution < -0.4 is 5.32 Å². The molecule has 0 saturated carbocycles. The van der Waals surface area contributed by atoms with Crippen molar-refractivity contribution < 1.29 is 18.3 Å². The molecule has 0 aliphatic carbocycles. The molecular weight excluding hydrogens is 266 g/mol. The number of pyridine rings is 1. The van der Waals surface area contributed by atoms with Crippen molar-refractivity contribution in [3.63, 3.8) is 0 Å². The maximum Gasteiger partial charge on any atom is 0.339 e. The summed E-state index contributed by atoms with van der Waals surface area (Å²) in [4.78, 5) is 15.3. The first kappa shape index (κ1) is 13.9. The molecule has 0 spiro atoms. The zero-order valence-electron chi connectivity index (χ0n) is 10.7. The monoisotopic (exact) mass is 278 g/mol. The van der Waals surface area contributed by atoms with E-state index in [1.807, 2.05) is 0 Å². The van der Waals surface area contributed by atoms with Crippen LogP contribution in [0, 0.1) is 11.6 Å². The van der Waals surface area contributed by atoms with Crippen molar-refractivity contribution in [3.8, 4) is 0 Å². The van der Waals surface area contributed by atoms with Crippen molar-refractivity contribution in [3.05, 3.63) is 59.4 Å². The molecule has 2 aromatic rings. The number of rotatable bonds is 4. The largest absolute Gasteiger partial charge is 0.465 e. The molecule has 20 heavy (non-hydrogen) atoms. The predicted molar refractivity (Wildman–Crippen MR) is 69.3 cm³/mol. The van der Waals surface area contributed by atoms with Gasteiger partial charge < -0.3 is 10.1 Å². The molecule has 0 unspecified atom stereocenters. The number of hydrogen-bond donors (Lipinski definition) is 1. The van der Waals surface area contributed by atoms with Gasteiger partial charge in [0.2, 0.25) is 0 Å². The summed E-state index contributed by atoms with van der Waals surface area (Å²) in [7, 11) is 1.29. The summed E-state index contributed by atoms with van der Waals surface area (Å²) in [6.45, 7) is 0.282. The van der Waals surface area contributed by atoms with E-state index in [0.29, 0.717) is 16.9 Å². The van der Waals surface area contributed by atoms with E-state index in [1.54, 1.807) is 12.1 Å². The summed E-state index contributed by atoms with van der Waals surface area (Å²) in [6.07, 6.45) is 1.38. The highest BCUT2D eigenvalue weighted by molar-refractivity contribution is 5.88. The van der Waals surface area contributed by atoms with Gasteiger partial charge >= 0.3 is 5.97 Å². The lowest BCUT2D eigenvalue weighted by molar-refractivity contribution is 0.0600. The van der Waals surface area contributed by atoms with Crippen LogP contribution in [0.15, 0.2) is 36.5 Å². The summed E-state index contributed by atoms with van der Waals surface area (Å²) in [6, 6.07) is 6.38. The smallest absolute Gasteiger partial charge is 0.339 e. The Morgan fingerprint density at radius 1 is 1.25 bits per heavy atom. The Hall–Kier alpha value is -2.50. The molecule has 1 aromatic heterocycles. The zero-order chi connectivity index (χ0) is 14.5. The van der Waals surface area contributed by atoms with Gasteiger partial charge in [-0.2, -0.15) is 0 Å². The first-order valence-corrected chi connectivity index (χ1v) is 5.81. The van der Waals surface area contributed by atoms with Crippen LogP contribution in [0.3, 0.4) is 0 Å². The van der Waals surface area contributed by atoms with Crippen molar-refractivity contribution in [1.82, 2.24) is 4.98 Å². The van der Waals surface area contributed by atoms with E-state index in [2.05, 4.69) is 15.0 Å². The highest BCUT2D eigenvalue weighted by atomic mass is 19.1. The highest BCUT2D eigenvalue weighted by Gasteiger charge is 2.05. The topological polar surface area (TPSA) is 51.2 Å². The maximum atomic E-state index is 13.0. The Balaban J connectivity index is 2.02. The second-order valence-corrected chi connectivity index (χ2v) is 4.04. The van der Waals surface area contributed by atoms with Crippen LogP contribution in [0.25, 0.3) is 0 Å². The molecule has 0 bridgehead atoms. The highest BCUT2D eigenvalue weighted by Crippen LogP contribution is 2.13. The summed E-state index contributed by atoms with van der Waals surface area (Å²) in [5.41, 5.74) is 1.29. The van der Waals surface area contributed by atoms with Crippen LogP contribution in [0.4, 0.5) is 14.5 Å². The van der Waals surface area contributed by atoms with Gasteiger partial charge in [0.15, 0.2) is 0 Å². The average molecular weight is 278 g/mol. The third kappa shape index (κ3) is 3.50. The molecule has 1 aromatic carbocycles. The van der Waals surface area contributed by atoms with Crippen LogP contribution in [0.1, 0.15) is 16.1 Å². The van der Waals surface area contributed by atoms with Crippen molar-refractivity contribution in [1.29, 1.82) is 0 Å². The number of carbonyl (C=O) groups excluding carboxylic acids is 1. The summed E-state index contributed by atoms with van der Waals surface area (Å²) in [5.74, 6) is -1.77. The number of ether oxygens (including phenoxy) is 1. The number of halogens is 2. The Morgan fingerprint density at radius 2 is 1.95 bits per heavy atom. The molecule has 4 nitrogen and oxygen atoms in total. The first-order valence-electron chi connectivity index (χ1n) is 5.81. The van der Waals surface area contributed by atoms with Crippen molar-refractivity contribution in [2.24, 2.45) is 0 Å². The third-order valence-corrected chi connectivity index (χ3v) is 2.58. The molecule has 104 valence electrons. The fraction of sp³-hybridized carbons (Fsp3) is 0.143. The van der Waals surface area contributed by atoms with Gasteiger partial charge in [-0.05, 0) is 24.3 Å². The molecule has 0 fully saturated rings. The standard InChI is InChI=1S/C14H12F2N2O2/c1-20-14(19)9-2-3-12(17-7-9)8-18-13-5-10(15)4-11(16)6-13/h2-7,18H,8H2,1H3. The summed E-state index contributed by atoms with van der Waals surface area (Å²) >= 11 is 0. The zero-order valence-corrected chi connectivity index (χ0v) is 10.7. The van der Waals surface area contributed by atoms with Crippen molar-refractivity contribution >= 4 is 11.7 Å². The number of benzene rings is 1. The predicted octanol–water partition coefficient (Wildman–Crippen LogP) is 2.76. The Morgan fingerprint density at radius 3 is 2.50 bits per heavy atom. The van der Waals surface area contributed by atoms with Gasteiger partial charge in [0.25, 0.3) is 0 Å². The normalized spacial score (nSPS) is 10.2. The number of aromatic nitrogens is 1. The lowest BCUT2D eigenvalue weighted by Crippen LogP contribution is -2.05. The van der Waals surface area contributed by atoms with Gasteiger partial charge in [0.1, 0.15) is 11.6 Å². The molecule has 0 saturated heterocycles. The number of anilines is 1. The van der Waals surface area contributed by atoms with Crippen LogP contribution >= 0.6 is 0 Å². The van der Waals surface area contributed by atoms with Gasteiger partial charge in [0, 0.05) is 18.0 Å². The minimum atomic E-state index is -0.651. The van der Waals surface area contributed by atoms with Gasteiger partial charge in [-0.15, -0.1) is 0 Å². The average Bonchev–Trinajstić information content (AvgIpc) is 2.44. The van der Waals surface area contributed by atoms with Gasteiger partial charge in [-0.3, -0.25) is 4.98 Å². The Labute approximate surface area is 114 Å². The number of nitrogens with zero attached hydrogens (tertiary/aromatic N) is 1. The molecule has 0 aliphatic heterocycles. The van der Waals surface area contributed by atoms with Gasteiger partial charge in [0.05, 0.1) is 24.9 Å². The number of hydrogen-bond acceptors (Lipinski definition) is 4. The second-order valence-electron chi connectivity index (χ2n) is 4.04. The van der Waals surface area contributed by atoms with Crippen LogP contribution in [-0.2, 0) is 11.3 Å². The van der Waals surface area contributed by atoms with E-state index in [1.165, 1.54) is 25.4 Å². The third-order valence-electron chi connectivity index (χ3n) is 2.58. The van der Waals surface area contributed by atoms with Crippen LogP contribution in [0.5, 0.6) is 0 Å². The van der Waals surface area contributed by atoms with Crippen molar-refractivity contribution in [2.45, 2.75) is 6.54 Å². The number of nitrogens with one attached hydrogen (secondary N) is 1. The maximum absolute atomic E-state index is 13.0. The quantitative estimate of drug-likeness (QED) is 0.874. The lowest BCUT2D eigenvalue weighted by atomic mass is 10.2. The SMILES string of the molecule is COC(=O)c1ccc(CNc2cc(F)cc(F)c2)nc1. The first-order chi connectivity index (χ1) is 9.58. The molecule has 0 radical (unpaired) electrons. The van der Waals surface area contributed by atoms with Crippen molar-refractivity contribution in [2.75, 3.05) is 12.4 Å². The second kappa shape index (κ2) is 6.10. The summed E-state index contributed by atoms with van der Waals surface area (Å²) in [5, 5.41) is 2.85. The fourth-order valence-corrected chi connectivity index (χ4v) is 1.62. The number of esters is 1. The molecule has 1 N–H and O–H groups in total. The molecule has 2 rings (SSSR count). The number of carbonyl (C=O) groups is 1. The van der Waals surface area contributed by atoms with E-state index in [4.69, 9.17) is 0 Å². The Kier molecular flexibility index (Phi) is 4.24. The molecule has 0 amide bonds. The van der Waals surface area contributed by atoms with E-state index >= 15 is 0 Å². The minimum absolute atomic E-state index is 0.282. The molecule has 1 heterocycles. The minimum Gasteiger partial charge on any atom is -0.465 e. The van der Waals surface area contributed by atoms with Crippen LogP contribution in [-0.4, -0.2) is 18.1 Å². The lowest BCUT2D eigenvalue weighted by Gasteiger charge is -2.07. The van der Waals surface area contributed by atoms with E-state index < -0.39 is 17.6 Å². The molecule has 6 heteroatoms.